The highest BCUT2D eigenvalue weighted by molar-refractivity contribution is 7.54. The molecule has 1 aliphatic rings. The second kappa shape index (κ2) is 13.3. The number of fused-ring (bicyclic) bond motifs is 1. The third kappa shape index (κ3) is 7.32. The second-order valence-corrected chi connectivity index (χ2v) is 11.1. The Bertz CT molecular complexity index is 1220. The molecule has 0 saturated carbocycles. The number of nitrogen functional groups attached to an aromatic ring is 1. The van der Waals surface area contributed by atoms with Gasteiger partial charge in [-0.05, 0) is 51.7 Å². The molecule has 0 aromatic carbocycles. The number of esters is 2. The summed E-state index contributed by atoms with van der Waals surface area (Å²) >= 11 is 0. The molecular formula is C24H36N7O7P. The lowest BCUT2D eigenvalue weighted by molar-refractivity contribution is -0.145. The lowest BCUT2D eigenvalue weighted by Gasteiger charge is -2.27. The van der Waals surface area contributed by atoms with Gasteiger partial charge in [0, 0.05) is 0 Å². The lowest BCUT2D eigenvalue weighted by atomic mass is 9.98. The normalized spacial score (nSPS) is 20.8. The summed E-state index contributed by atoms with van der Waals surface area (Å²) in [5.74, 6) is -0.977. The molecule has 1 fully saturated rings. The number of nitriles is 1. The molecule has 1 aliphatic heterocycles. The van der Waals surface area contributed by atoms with E-state index < -0.39 is 43.4 Å². The number of rotatable bonds is 14. The summed E-state index contributed by atoms with van der Waals surface area (Å²) < 4.78 is 37.5. The van der Waals surface area contributed by atoms with Crippen LogP contribution in [0, 0.1) is 11.3 Å². The highest BCUT2D eigenvalue weighted by Gasteiger charge is 2.45. The van der Waals surface area contributed by atoms with Crippen LogP contribution in [0.4, 0.5) is 5.82 Å². The maximum Gasteiger partial charge on any atom is 0.342 e. The average Bonchev–Trinajstić information content (AvgIpc) is 3.55. The Labute approximate surface area is 227 Å². The first-order chi connectivity index (χ1) is 18.6. The molecule has 0 spiro atoms. The molecule has 2 aromatic rings. The van der Waals surface area contributed by atoms with E-state index in [9.17, 15) is 19.4 Å². The third-order valence-corrected chi connectivity index (χ3v) is 8.00. The molecule has 214 valence electrons. The lowest BCUT2D eigenvalue weighted by Crippen LogP contribution is -2.43. The average molecular weight is 566 g/mol. The largest absolute Gasteiger partial charge is 0.465 e. The molecule has 0 bridgehead atoms. The maximum atomic E-state index is 13.8. The predicted molar refractivity (Wildman–Crippen MR) is 140 cm³/mol. The highest BCUT2D eigenvalue weighted by atomic mass is 31.2. The van der Waals surface area contributed by atoms with E-state index in [2.05, 4.69) is 26.3 Å². The Morgan fingerprint density at radius 2 is 1.85 bits per heavy atom. The Balaban J connectivity index is 1.74. The van der Waals surface area contributed by atoms with Crippen molar-refractivity contribution in [2.45, 2.75) is 77.2 Å². The van der Waals surface area contributed by atoms with E-state index in [1.165, 1.54) is 24.7 Å². The monoisotopic (exact) mass is 565 g/mol. The Kier molecular flexibility index (Phi) is 10.4. The second-order valence-electron chi connectivity index (χ2n) is 9.26. The zero-order valence-corrected chi connectivity index (χ0v) is 23.5. The molecule has 3 rings (SSSR count). The standard InChI is InChI=1S/C24H36N7O7P/c1-5-11-35-22(32)16(3)29-39(34,30-17(4)23(33)36-12-6-2)37-13-18-9-10-24(14-25,38-18)20-8-7-19-21(26)27-15-28-31(19)20/h7-8,15-18H,5-6,9-13H2,1-4H3,(H2,26,27,28)(H2,29,30,34)/t16-,17-,18-,24-/m0/s1. The molecule has 0 aliphatic carbocycles. The number of nitrogens with one attached hydrogen (secondary N) is 2. The van der Waals surface area contributed by atoms with Gasteiger partial charge in [-0.3, -0.25) is 14.2 Å². The van der Waals surface area contributed by atoms with E-state index in [-0.39, 0.29) is 25.6 Å². The SMILES string of the molecule is CCCOC(=O)[C@H](C)NP(=O)(N[C@@H](C)C(=O)OCCC)OC[C@@H]1CC[C@](C#N)(c2ccc3c(N)ncnn23)O1. The van der Waals surface area contributed by atoms with Crippen LogP contribution in [0.15, 0.2) is 18.5 Å². The van der Waals surface area contributed by atoms with Crippen LogP contribution in [0.1, 0.15) is 59.1 Å². The molecule has 4 N–H and O–H groups in total. The van der Waals surface area contributed by atoms with Crippen molar-refractivity contribution in [3.05, 3.63) is 24.2 Å². The summed E-state index contributed by atoms with van der Waals surface area (Å²) in [6.07, 6.45) is 2.64. The Morgan fingerprint density at radius 1 is 1.23 bits per heavy atom. The predicted octanol–water partition coefficient (Wildman–Crippen LogP) is 2.20. The van der Waals surface area contributed by atoms with Gasteiger partial charge in [0.1, 0.15) is 30.0 Å². The van der Waals surface area contributed by atoms with Crippen molar-refractivity contribution in [2.24, 2.45) is 0 Å². The summed E-state index contributed by atoms with van der Waals surface area (Å²) in [7, 11) is -4.02. The number of nitrogens with zero attached hydrogens (tertiary/aromatic N) is 4. The number of anilines is 1. The van der Waals surface area contributed by atoms with Gasteiger partial charge in [0.2, 0.25) is 0 Å². The van der Waals surface area contributed by atoms with Gasteiger partial charge in [-0.2, -0.15) is 10.4 Å². The minimum Gasteiger partial charge on any atom is -0.465 e. The fourth-order valence-electron chi connectivity index (χ4n) is 4.04. The molecule has 39 heavy (non-hydrogen) atoms. The van der Waals surface area contributed by atoms with Crippen molar-refractivity contribution in [1.29, 1.82) is 5.26 Å². The zero-order chi connectivity index (χ0) is 28.6. The van der Waals surface area contributed by atoms with E-state index in [1.54, 1.807) is 12.1 Å². The number of carbonyl (C=O) groups excluding carboxylic acids is 2. The number of carbonyl (C=O) groups is 2. The van der Waals surface area contributed by atoms with Crippen molar-refractivity contribution < 1.29 is 32.9 Å². The first-order valence-corrected chi connectivity index (χ1v) is 14.5. The quantitative estimate of drug-likeness (QED) is 0.223. The van der Waals surface area contributed by atoms with Crippen LogP contribution in [0.3, 0.4) is 0 Å². The molecule has 4 atom stereocenters. The van der Waals surface area contributed by atoms with Gasteiger partial charge in [-0.25, -0.2) is 19.7 Å². The topological polar surface area (TPSA) is 192 Å². The van der Waals surface area contributed by atoms with Crippen LogP contribution in [-0.2, 0) is 38.5 Å². The van der Waals surface area contributed by atoms with Gasteiger partial charge < -0.3 is 24.5 Å². The number of hydrogen-bond donors (Lipinski definition) is 3. The van der Waals surface area contributed by atoms with E-state index in [4.69, 9.17) is 24.5 Å². The van der Waals surface area contributed by atoms with Crippen LogP contribution in [0.2, 0.25) is 0 Å². The summed E-state index contributed by atoms with van der Waals surface area (Å²) in [6.45, 7) is 6.88. The van der Waals surface area contributed by atoms with Gasteiger partial charge in [-0.15, -0.1) is 0 Å². The molecule has 1 saturated heterocycles. The minimum atomic E-state index is -4.02. The van der Waals surface area contributed by atoms with Gasteiger partial charge >= 0.3 is 19.6 Å². The molecule has 15 heteroatoms. The van der Waals surface area contributed by atoms with Gasteiger partial charge in [0.15, 0.2) is 11.4 Å². The van der Waals surface area contributed by atoms with Gasteiger partial charge in [0.25, 0.3) is 0 Å². The smallest absolute Gasteiger partial charge is 0.342 e. The van der Waals surface area contributed by atoms with Gasteiger partial charge in [-0.1, -0.05) is 13.8 Å². The third-order valence-electron chi connectivity index (χ3n) is 6.04. The summed E-state index contributed by atoms with van der Waals surface area (Å²) in [6, 6.07) is 3.63. The van der Waals surface area contributed by atoms with E-state index in [1.807, 2.05) is 13.8 Å². The molecule has 0 amide bonds. The first kappa shape index (κ1) is 30.5. The molecule has 2 aromatic heterocycles. The number of hydrogen-bond acceptors (Lipinski definition) is 11. The highest BCUT2D eigenvalue weighted by Crippen LogP contribution is 2.43. The number of ether oxygens (including phenoxy) is 3. The molecule has 0 unspecified atom stereocenters. The number of nitrogens with two attached hydrogens (primary N) is 1. The van der Waals surface area contributed by atoms with Crippen molar-refractivity contribution >= 4 is 30.9 Å². The first-order valence-electron chi connectivity index (χ1n) is 12.9. The Morgan fingerprint density at radius 3 is 2.41 bits per heavy atom. The number of aromatic nitrogens is 3. The fraction of sp³-hybridized carbons (Fsp3) is 0.625. The molecule has 14 nitrogen and oxygen atoms in total. The zero-order valence-electron chi connectivity index (χ0n) is 22.6. The summed E-state index contributed by atoms with van der Waals surface area (Å²) in [4.78, 5) is 28.6. The van der Waals surface area contributed by atoms with E-state index in [0.29, 0.717) is 36.9 Å². The molecule has 3 heterocycles. The summed E-state index contributed by atoms with van der Waals surface area (Å²) in [5, 5.41) is 19.6. The van der Waals surface area contributed by atoms with E-state index in [0.717, 1.165) is 0 Å². The molecular weight excluding hydrogens is 529 g/mol. The van der Waals surface area contributed by atoms with Crippen molar-refractivity contribution in [1.82, 2.24) is 24.8 Å². The molecule has 0 radical (unpaired) electrons. The Hall–Kier alpha value is -3.08. The maximum absolute atomic E-state index is 13.8. The summed E-state index contributed by atoms with van der Waals surface area (Å²) in [5.41, 5.74) is 5.60. The van der Waals surface area contributed by atoms with Crippen molar-refractivity contribution in [3.8, 4) is 6.07 Å². The van der Waals surface area contributed by atoms with E-state index >= 15 is 0 Å². The van der Waals surface area contributed by atoms with Crippen LogP contribution in [0.25, 0.3) is 5.52 Å². The van der Waals surface area contributed by atoms with Crippen molar-refractivity contribution in [3.63, 3.8) is 0 Å². The van der Waals surface area contributed by atoms with Crippen LogP contribution in [-0.4, -0.2) is 64.5 Å². The van der Waals surface area contributed by atoms with Crippen molar-refractivity contribution in [2.75, 3.05) is 25.6 Å². The van der Waals surface area contributed by atoms with Crippen LogP contribution < -0.4 is 15.9 Å². The van der Waals surface area contributed by atoms with Crippen LogP contribution in [0.5, 0.6) is 0 Å². The van der Waals surface area contributed by atoms with Gasteiger partial charge in [0.05, 0.1) is 31.6 Å². The fourth-order valence-corrected chi connectivity index (χ4v) is 5.87. The minimum absolute atomic E-state index is 0.200. The van der Waals surface area contributed by atoms with Crippen LogP contribution >= 0.6 is 7.67 Å².